The highest BCUT2D eigenvalue weighted by atomic mass is 16.5. The fourth-order valence-electron chi connectivity index (χ4n) is 3.32. The average Bonchev–Trinajstić information content (AvgIpc) is 3.49. The van der Waals surface area contributed by atoms with Gasteiger partial charge < -0.3 is 18.1 Å². The number of nitrogens with zero attached hydrogens (tertiary/aromatic N) is 2. The van der Waals surface area contributed by atoms with Gasteiger partial charge in [0.05, 0.1) is 12.7 Å². The van der Waals surface area contributed by atoms with Gasteiger partial charge in [-0.15, -0.1) is 0 Å². The molecule has 0 bridgehead atoms. The van der Waals surface area contributed by atoms with E-state index in [0.29, 0.717) is 23.1 Å². The first-order valence-electron chi connectivity index (χ1n) is 9.86. The van der Waals surface area contributed by atoms with Gasteiger partial charge in [-0.3, -0.25) is 4.79 Å². The van der Waals surface area contributed by atoms with E-state index in [4.69, 9.17) is 18.1 Å². The normalized spacial score (nSPS) is 11.0. The lowest BCUT2D eigenvalue weighted by Gasteiger charge is -2.08. The maximum atomic E-state index is 12.3. The quantitative estimate of drug-likeness (QED) is 0.219. The van der Waals surface area contributed by atoms with Crippen molar-refractivity contribution in [1.29, 1.82) is 0 Å². The summed E-state index contributed by atoms with van der Waals surface area (Å²) in [5, 5.41) is 4.56. The minimum absolute atomic E-state index is 0.0336. The summed E-state index contributed by atoms with van der Waals surface area (Å²) < 4.78 is 21.1. The molecule has 0 atom stereocenters. The number of aryl methyl sites for hydroxylation is 1. The van der Waals surface area contributed by atoms with Gasteiger partial charge in [0.1, 0.15) is 11.3 Å². The molecule has 0 radical (unpaired) electrons. The van der Waals surface area contributed by atoms with Gasteiger partial charge in [-0.05, 0) is 35.4 Å². The number of ether oxygens (including phenoxy) is 1. The Morgan fingerprint density at radius 1 is 1.00 bits per heavy atom. The van der Waals surface area contributed by atoms with Crippen LogP contribution in [0.4, 0.5) is 0 Å². The lowest BCUT2D eigenvalue weighted by atomic mass is 10.0. The van der Waals surface area contributed by atoms with Crippen LogP contribution in [0.2, 0.25) is 0 Å². The topological polar surface area (TPSA) is 109 Å². The molecule has 32 heavy (non-hydrogen) atoms. The minimum Gasteiger partial charge on any atom is -0.461 e. The van der Waals surface area contributed by atoms with Crippen molar-refractivity contribution in [2.24, 2.45) is 0 Å². The molecule has 3 aromatic heterocycles. The predicted octanol–water partition coefficient (Wildman–Crippen LogP) is 4.64. The van der Waals surface area contributed by atoms with Crippen molar-refractivity contribution in [3.05, 3.63) is 89.3 Å². The molecule has 0 spiro atoms. The van der Waals surface area contributed by atoms with Gasteiger partial charge in [-0.2, -0.15) is 4.98 Å². The molecular weight excluding hydrogens is 412 g/mol. The molecular formula is C24H16N2O6. The Hall–Kier alpha value is -4.46. The number of carbonyl (C=O) groups excluding carboxylic acids is 1. The molecule has 0 saturated carbocycles. The highest BCUT2D eigenvalue weighted by molar-refractivity contribution is 5.94. The van der Waals surface area contributed by atoms with Crippen molar-refractivity contribution < 1.29 is 22.9 Å². The number of rotatable bonds is 6. The number of esters is 1. The lowest BCUT2D eigenvalue weighted by Crippen LogP contribution is -2.09. The Morgan fingerprint density at radius 3 is 2.69 bits per heavy atom. The van der Waals surface area contributed by atoms with Crippen LogP contribution in [-0.2, 0) is 11.2 Å². The van der Waals surface area contributed by atoms with Crippen LogP contribution >= 0.6 is 0 Å². The molecule has 3 heterocycles. The fraction of sp³-hybridized carbons (Fsp3) is 0.0833. The summed E-state index contributed by atoms with van der Waals surface area (Å²) >= 11 is 0. The van der Waals surface area contributed by atoms with Crippen LogP contribution in [0.15, 0.2) is 91.1 Å². The van der Waals surface area contributed by atoms with Crippen molar-refractivity contribution in [2.75, 3.05) is 0 Å². The smallest absolute Gasteiger partial charge is 0.336 e. The molecule has 0 aliphatic heterocycles. The van der Waals surface area contributed by atoms with Crippen LogP contribution < -0.4 is 10.4 Å². The fourth-order valence-corrected chi connectivity index (χ4v) is 3.32. The van der Waals surface area contributed by atoms with Crippen molar-refractivity contribution in [3.63, 3.8) is 0 Å². The second-order valence-corrected chi connectivity index (χ2v) is 6.97. The predicted molar refractivity (Wildman–Crippen MR) is 114 cm³/mol. The monoisotopic (exact) mass is 428 g/mol. The molecule has 8 nitrogen and oxygen atoms in total. The Labute approximate surface area is 181 Å². The van der Waals surface area contributed by atoms with E-state index in [-0.39, 0.29) is 18.6 Å². The lowest BCUT2D eigenvalue weighted by molar-refractivity contribution is -0.134. The van der Waals surface area contributed by atoms with Gasteiger partial charge in [-0.25, -0.2) is 4.79 Å². The maximum Gasteiger partial charge on any atom is 0.336 e. The zero-order valence-electron chi connectivity index (χ0n) is 16.7. The summed E-state index contributed by atoms with van der Waals surface area (Å²) in [6.07, 6.45) is 1.76. The summed E-state index contributed by atoms with van der Waals surface area (Å²) in [5.74, 6) is 0.888. The van der Waals surface area contributed by atoms with E-state index in [1.807, 2.05) is 30.3 Å². The Bertz CT molecular complexity index is 1430. The number of furan rings is 1. The van der Waals surface area contributed by atoms with E-state index in [1.165, 1.54) is 18.4 Å². The van der Waals surface area contributed by atoms with E-state index in [1.54, 1.807) is 24.3 Å². The molecule has 5 aromatic rings. The van der Waals surface area contributed by atoms with Crippen LogP contribution in [0.3, 0.4) is 0 Å². The van der Waals surface area contributed by atoms with Crippen LogP contribution in [0.5, 0.6) is 5.75 Å². The first-order chi connectivity index (χ1) is 15.7. The zero-order chi connectivity index (χ0) is 21.9. The van der Waals surface area contributed by atoms with Crippen molar-refractivity contribution in [1.82, 2.24) is 10.1 Å². The van der Waals surface area contributed by atoms with E-state index in [0.717, 1.165) is 16.5 Å². The van der Waals surface area contributed by atoms with Gasteiger partial charge in [0, 0.05) is 23.9 Å². The average molecular weight is 428 g/mol. The van der Waals surface area contributed by atoms with Crippen molar-refractivity contribution >= 4 is 16.9 Å². The third-order valence-corrected chi connectivity index (χ3v) is 4.79. The first-order valence-corrected chi connectivity index (χ1v) is 9.86. The van der Waals surface area contributed by atoms with Gasteiger partial charge in [0.25, 0.3) is 0 Å². The number of carbonyl (C=O) groups is 1. The Balaban J connectivity index is 1.30. The SMILES string of the molecule is O=C(CCc1nc(-c2ccco2)no1)Oc1ccc2c(-c3ccccc3)cc(=O)oc2c1. The van der Waals surface area contributed by atoms with Crippen LogP contribution in [-0.4, -0.2) is 16.1 Å². The standard InChI is InChI=1S/C24H16N2O6/c27-22(11-10-21-25-24(26-32-21)19-7-4-12-29-19)30-16-8-9-17-18(15-5-2-1-3-6-15)14-23(28)31-20(17)13-16/h1-9,12-14H,10-11H2. The van der Waals surface area contributed by atoms with Gasteiger partial charge in [-0.1, -0.05) is 35.5 Å². The molecule has 0 aliphatic rings. The van der Waals surface area contributed by atoms with Crippen molar-refractivity contribution in [3.8, 4) is 28.5 Å². The van der Waals surface area contributed by atoms with Gasteiger partial charge in [0.15, 0.2) is 5.76 Å². The number of fused-ring (bicyclic) bond motifs is 1. The largest absolute Gasteiger partial charge is 0.461 e. The molecule has 0 amide bonds. The van der Waals surface area contributed by atoms with Crippen LogP contribution in [0.25, 0.3) is 33.7 Å². The van der Waals surface area contributed by atoms with Crippen molar-refractivity contribution in [2.45, 2.75) is 12.8 Å². The molecule has 5 rings (SSSR count). The summed E-state index contributed by atoms with van der Waals surface area (Å²) in [4.78, 5) is 28.5. The number of hydrogen-bond acceptors (Lipinski definition) is 8. The molecule has 158 valence electrons. The van der Waals surface area contributed by atoms with E-state index in [9.17, 15) is 9.59 Å². The second kappa shape index (κ2) is 8.35. The van der Waals surface area contributed by atoms with E-state index < -0.39 is 11.6 Å². The highest BCUT2D eigenvalue weighted by Gasteiger charge is 2.14. The number of hydrogen-bond donors (Lipinski definition) is 0. The molecule has 0 aliphatic carbocycles. The van der Waals surface area contributed by atoms with Crippen LogP contribution in [0.1, 0.15) is 12.3 Å². The molecule has 2 aromatic carbocycles. The molecule has 8 heteroatoms. The molecule has 0 N–H and O–H groups in total. The van der Waals surface area contributed by atoms with Crippen LogP contribution in [0, 0.1) is 0 Å². The Morgan fingerprint density at radius 2 is 1.88 bits per heavy atom. The Kier molecular flexibility index (Phi) is 5.09. The summed E-state index contributed by atoms with van der Waals surface area (Å²) in [6, 6.07) is 19.4. The zero-order valence-corrected chi connectivity index (χ0v) is 16.7. The first kappa shape index (κ1) is 19.5. The molecule has 0 saturated heterocycles. The number of aromatic nitrogens is 2. The summed E-state index contributed by atoms with van der Waals surface area (Å²) in [5.41, 5.74) is 1.49. The third kappa shape index (κ3) is 4.06. The molecule has 0 fully saturated rings. The third-order valence-electron chi connectivity index (χ3n) is 4.79. The van der Waals surface area contributed by atoms with E-state index >= 15 is 0 Å². The molecule has 0 unspecified atom stereocenters. The van der Waals surface area contributed by atoms with Gasteiger partial charge in [0.2, 0.25) is 11.7 Å². The number of benzene rings is 2. The van der Waals surface area contributed by atoms with Gasteiger partial charge >= 0.3 is 11.6 Å². The maximum absolute atomic E-state index is 12.3. The summed E-state index contributed by atoms with van der Waals surface area (Å²) in [6.45, 7) is 0. The summed E-state index contributed by atoms with van der Waals surface area (Å²) in [7, 11) is 0. The minimum atomic E-state index is -0.483. The van der Waals surface area contributed by atoms with E-state index in [2.05, 4.69) is 10.1 Å². The highest BCUT2D eigenvalue weighted by Crippen LogP contribution is 2.29. The second-order valence-electron chi connectivity index (χ2n) is 6.97.